The molecule has 6 heteroatoms. The Balaban J connectivity index is 1.70. The van der Waals surface area contributed by atoms with Gasteiger partial charge in [0.25, 0.3) is 0 Å². The van der Waals surface area contributed by atoms with Gasteiger partial charge in [-0.15, -0.1) is 0 Å². The summed E-state index contributed by atoms with van der Waals surface area (Å²) in [5.74, 6) is 0.0402. The molecule has 0 fully saturated rings. The third-order valence-corrected chi connectivity index (χ3v) is 4.50. The van der Waals surface area contributed by atoms with Gasteiger partial charge in [0.15, 0.2) is 0 Å². The van der Waals surface area contributed by atoms with Crippen molar-refractivity contribution in [3.05, 3.63) is 63.6 Å². The lowest BCUT2D eigenvalue weighted by molar-refractivity contribution is -0.121. The van der Waals surface area contributed by atoms with Crippen molar-refractivity contribution in [3.8, 4) is 5.75 Å². The second kappa shape index (κ2) is 9.97. The van der Waals surface area contributed by atoms with Crippen LogP contribution in [-0.2, 0) is 16.0 Å². The van der Waals surface area contributed by atoms with Crippen LogP contribution in [0.4, 0.5) is 0 Å². The van der Waals surface area contributed by atoms with Crippen LogP contribution >= 0.6 is 15.9 Å². The topological polar surface area (TPSA) is 64.6 Å². The quantitative estimate of drug-likeness (QED) is 0.523. The highest BCUT2D eigenvalue weighted by atomic mass is 79.9. The van der Waals surface area contributed by atoms with Gasteiger partial charge in [-0.2, -0.15) is 0 Å². The third kappa shape index (κ3) is 6.19. The zero-order valence-electron chi connectivity index (χ0n) is 14.9. The fourth-order valence-corrected chi connectivity index (χ4v) is 2.71. The zero-order chi connectivity index (χ0) is 18.9. The van der Waals surface area contributed by atoms with Crippen LogP contribution < -0.4 is 10.1 Å². The van der Waals surface area contributed by atoms with Crippen molar-refractivity contribution in [1.29, 1.82) is 0 Å². The van der Waals surface area contributed by atoms with Crippen LogP contribution in [0.5, 0.6) is 5.75 Å². The van der Waals surface area contributed by atoms with Crippen molar-refractivity contribution in [2.75, 3.05) is 20.3 Å². The molecule has 0 atom stereocenters. The molecule has 1 N–H and O–H groups in total. The number of amides is 1. The summed E-state index contributed by atoms with van der Waals surface area (Å²) in [6.45, 7) is 2.42. The monoisotopic (exact) mass is 419 g/mol. The average molecular weight is 420 g/mol. The summed E-state index contributed by atoms with van der Waals surface area (Å²) in [6.07, 6.45) is 1.08. The van der Waals surface area contributed by atoms with Gasteiger partial charge < -0.3 is 14.8 Å². The van der Waals surface area contributed by atoms with E-state index in [4.69, 9.17) is 9.47 Å². The molecule has 2 aromatic rings. The van der Waals surface area contributed by atoms with Crippen LogP contribution in [0.1, 0.15) is 27.9 Å². The fraction of sp³-hybridized carbons (Fsp3) is 0.300. The molecular formula is C20H22BrNO4. The van der Waals surface area contributed by atoms with Crippen LogP contribution in [0.3, 0.4) is 0 Å². The van der Waals surface area contributed by atoms with Gasteiger partial charge >= 0.3 is 5.97 Å². The van der Waals surface area contributed by atoms with E-state index in [-0.39, 0.29) is 19.1 Å². The number of carbonyl (C=O) groups excluding carboxylic acids is 2. The van der Waals surface area contributed by atoms with Crippen molar-refractivity contribution in [2.24, 2.45) is 0 Å². The molecule has 5 nitrogen and oxygen atoms in total. The van der Waals surface area contributed by atoms with Gasteiger partial charge in [0.2, 0.25) is 5.91 Å². The number of halogens is 1. The molecule has 0 radical (unpaired) electrons. The first-order valence-electron chi connectivity index (χ1n) is 8.32. The van der Waals surface area contributed by atoms with Crippen LogP contribution in [-0.4, -0.2) is 32.1 Å². The maximum Gasteiger partial charge on any atom is 0.339 e. The molecule has 1 amide bonds. The van der Waals surface area contributed by atoms with E-state index in [0.717, 1.165) is 5.56 Å². The summed E-state index contributed by atoms with van der Waals surface area (Å²) in [7, 11) is 1.53. The first-order chi connectivity index (χ1) is 12.5. The first kappa shape index (κ1) is 20.0. The predicted octanol–water partition coefficient (Wildman–Crippen LogP) is 3.67. The summed E-state index contributed by atoms with van der Waals surface area (Å²) in [4.78, 5) is 24.0. The largest absolute Gasteiger partial charge is 0.497 e. The zero-order valence-corrected chi connectivity index (χ0v) is 16.5. The van der Waals surface area contributed by atoms with Crippen LogP contribution in [0.15, 0.2) is 46.9 Å². The number of rotatable bonds is 8. The van der Waals surface area contributed by atoms with Crippen LogP contribution in [0.2, 0.25) is 0 Å². The van der Waals surface area contributed by atoms with E-state index in [0.29, 0.717) is 28.6 Å². The van der Waals surface area contributed by atoms with Crippen molar-refractivity contribution < 1.29 is 19.1 Å². The summed E-state index contributed by atoms with van der Waals surface area (Å²) in [6, 6.07) is 13.2. The molecule has 0 saturated heterocycles. The van der Waals surface area contributed by atoms with Gasteiger partial charge in [0.05, 0.1) is 19.2 Å². The minimum Gasteiger partial charge on any atom is -0.497 e. The van der Waals surface area contributed by atoms with E-state index in [2.05, 4.69) is 21.2 Å². The van der Waals surface area contributed by atoms with Gasteiger partial charge in [-0.05, 0) is 53.0 Å². The number of hydrogen-bond acceptors (Lipinski definition) is 4. The number of carbonyl (C=O) groups is 2. The number of hydrogen-bond donors (Lipinski definition) is 1. The Hall–Kier alpha value is -2.34. The van der Waals surface area contributed by atoms with Crippen LogP contribution in [0.25, 0.3) is 0 Å². The SMILES string of the molecule is COc1ccc(Br)c(C(=O)OCCNC(=O)CCc2ccc(C)cc2)c1. The predicted molar refractivity (Wildman–Crippen MR) is 103 cm³/mol. The minimum absolute atomic E-state index is 0.0656. The summed E-state index contributed by atoms with van der Waals surface area (Å²) in [5.41, 5.74) is 2.71. The molecule has 0 aromatic heterocycles. The number of ether oxygens (including phenoxy) is 2. The highest BCUT2D eigenvalue weighted by molar-refractivity contribution is 9.10. The second-order valence-electron chi connectivity index (χ2n) is 5.82. The fourth-order valence-electron chi connectivity index (χ4n) is 2.30. The van der Waals surface area contributed by atoms with Gasteiger partial charge in [-0.1, -0.05) is 29.8 Å². The van der Waals surface area contributed by atoms with Crippen molar-refractivity contribution in [2.45, 2.75) is 19.8 Å². The second-order valence-corrected chi connectivity index (χ2v) is 6.67. The standard InChI is InChI=1S/C20H22BrNO4/c1-14-3-5-15(6-4-14)7-10-19(23)22-11-12-26-20(24)17-13-16(25-2)8-9-18(17)21/h3-6,8-9,13H,7,10-12H2,1-2H3,(H,22,23). The van der Waals surface area contributed by atoms with Crippen molar-refractivity contribution in [3.63, 3.8) is 0 Å². The van der Waals surface area contributed by atoms with Crippen molar-refractivity contribution in [1.82, 2.24) is 5.32 Å². The highest BCUT2D eigenvalue weighted by Crippen LogP contribution is 2.23. The molecule has 26 heavy (non-hydrogen) atoms. The van der Waals surface area contributed by atoms with E-state index in [1.807, 2.05) is 31.2 Å². The van der Waals surface area contributed by atoms with E-state index < -0.39 is 5.97 Å². The molecule has 138 valence electrons. The smallest absolute Gasteiger partial charge is 0.339 e. The number of methoxy groups -OCH3 is 1. The maximum absolute atomic E-state index is 12.1. The van der Waals surface area contributed by atoms with Gasteiger partial charge in [-0.25, -0.2) is 4.79 Å². The lowest BCUT2D eigenvalue weighted by Gasteiger charge is -2.09. The Kier molecular flexibility index (Phi) is 7.66. The molecule has 2 rings (SSSR count). The molecule has 0 bridgehead atoms. The van der Waals surface area contributed by atoms with E-state index in [9.17, 15) is 9.59 Å². The Morgan fingerprint density at radius 2 is 1.85 bits per heavy atom. The molecule has 0 unspecified atom stereocenters. The lowest BCUT2D eigenvalue weighted by atomic mass is 10.1. The molecule has 0 aliphatic carbocycles. The van der Waals surface area contributed by atoms with Crippen molar-refractivity contribution >= 4 is 27.8 Å². The maximum atomic E-state index is 12.1. The van der Waals surface area contributed by atoms with Gasteiger partial charge in [0, 0.05) is 10.9 Å². The molecule has 0 aliphatic heterocycles. The lowest BCUT2D eigenvalue weighted by Crippen LogP contribution is -2.28. The summed E-state index contributed by atoms with van der Waals surface area (Å²) >= 11 is 3.31. The Morgan fingerprint density at radius 1 is 1.12 bits per heavy atom. The molecule has 0 saturated carbocycles. The number of esters is 1. The van der Waals surface area contributed by atoms with Crippen LogP contribution in [0, 0.1) is 6.92 Å². The molecular weight excluding hydrogens is 398 g/mol. The summed E-state index contributed by atoms with van der Waals surface area (Å²) in [5, 5.41) is 2.76. The Morgan fingerprint density at radius 3 is 2.54 bits per heavy atom. The number of benzene rings is 2. The third-order valence-electron chi connectivity index (χ3n) is 3.81. The average Bonchev–Trinajstić information content (AvgIpc) is 2.65. The molecule has 0 aliphatic rings. The van der Waals surface area contributed by atoms with Gasteiger partial charge in [0.1, 0.15) is 12.4 Å². The molecule has 2 aromatic carbocycles. The van der Waals surface area contributed by atoms with E-state index in [1.165, 1.54) is 12.7 Å². The Bertz CT molecular complexity index is 759. The first-order valence-corrected chi connectivity index (χ1v) is 9.12. The van der Waals surface area contributed by atoms with E-state index >= 15 is 0 Å². The minimum atomic E-state index is -0.468. The molecule has 0 spiro atoms. The molecule has 0 heterocycles. The highest BCUT2D eigenvalue weighted by Gasteiger charge is 2.13. The normalized spacial score (nSPS) is 10.3. The number of nitrogens with one attached hydrogen (secondary N) is 1. The Labute approximate surface area is 161 Å². The number of aryl methyl sites for hydroxylation is 2. The van der Waals surface area contributed by atoms with E-state index in [1.54, 1.807) is 18.2 Å². The van der Waals surface area contributed by atoms with Gasteiger partial charge in [-0.3, -0.25) is 4.79 Å². The summed E-state index contributed by atoms with van der Waals surface area (Å²) < 4.78 is 10.9.